The van der Waals surface area contributed by atoms with Crippen LogP contribution >= 0.6 is 15.9 Å². The van der Waals surface area contributed by atoms with Crippen LogP contribution in [0, 0.1) is 0 Å². The standard InChI is InChI=1S/C14H14BrN3O4/c1-20-8-4-5-10(15)9(6-8)12(19)17-11-7-16-14(22-3)18-13(11)21-2/h4-7H,1-3H3,(H,17,19). The number of anilines is 1. The average molecular weight is 368 g/mol. The third-order valence-corrected chi connectivity index (χ3v) is 3.47. The highest BCUT2D eigenvalue weighted by molar-refractivity contribution is 9.10. The fourth-order valence-corrected chi connectivity index (χ4v) is 2.11. The number of carbonyl (C=O) groups excluding carboxylic acids is 1. The molecular formula is C14H14BrN3O4. The van der Waals surface area contributed by atoms with E-state index < -0.39 is 0 Å². The summed E-state index contributed by atoms with van der Waals surface area (Å²) in [6.45, 7) is 0. The van der Waals surface area contributed by atoms with E-state index in [-0.39, 0.29) is 17.8 Å². The van der Waals surface area contributed by atoms with Gasteiger partial charge in [0.2, 0.25) is 5.88 Å². The molecule has 0 bridgehead atoms. The van der Waals surface area contributed by atoms with Crippen LogP contribution < -0.4 is 19.5 Å². The largest absolute Gasteiger partial charge is 0.497 e. The molecule has 0 aliphatic carbocycles. The van der Waals surface area contributed by atoms with E-state index >= 15 is 0 Å². The Labute approximate surface area is 135 Å². The van der Waals surface area contributed by atoms with Crippen LogP contribution in [0.2, 0.25) is 0 Å². The second kappa shape index (κ2) is 7.08. The van der Waals surface area contributed by atoms with Crippen molar-refractivity contribution < 1.29 is 19.0 Å². The highest BCUT2D eigenvalue weighted by Gasteiger charge is 2.15. The van der Waals surface area contributed by atoms with E-state index in [1.165, 1.54) is 27.5 Å². The maximum atomic E-state index is 12.4. The summed E-state index contributed by atoms with van der Waals surface area (Å²) in [6, 6.07) is 5.25. The van der Waals surface area contributed by atoms with Gasteiger partial charge < -0.3 is 19.5 Å². The third kappa shape index (κ3) is 3.45. The Morgan fingerprint density at radius 2 is 1.95 bits per heavy atom. The number of ether oxygens (including phenoxy) is 3. The van der Waals surface area contributed by atoms with E-state index in [9.17, 15) is 4.79 Å². The Morgan fingerprint density at radius 1 is 1.18 bits per heavy atom. The number of halogens is 1. The molecule has 0 aliphatic heterocycles. The Kier molecular flexibility index (Phi) is 5.16. The van der Waals surface area contributed by atoms with E-state index in [1.54, 1.807) is 18.2 Å². The third-order valence-electron chi connectivity index (χ3n) is 2.77. The number of rotatable bonds is 5. The van der Waals surface area contributed by atoms with E-state index in [0.717, 1.165) is 0 Å². The van der Waals surface area contributed by atoms with E-state index in [0.29, 0.717) is 21.5 Å². The van der Waals surface area contributed by atoms with Gasteiger partial charge in [-0.2, -0.15) is 4.98 Å². The minimum atomic E-state index is -0.349. The smallest absolute Gasteiger partial charge is 0.319 e. The highest BCUT2D eigenvalue weighted by Crippen LogP contribution is 2.26. The first-order valence-corrected chi connectivity index (χ1v) is 6.98. The predicted octanol–water partition coefficient (Wildman–Crippen LogP) is 2.52. The molecule has 0 atom stereocenters. The molecular weight excluding hydrogens is 354 g/mol. The lowest BCUT2D eigenvalue weighted by atomic mass is 10.2. The van der Waals surface area contributed by atoms with Gasteiger partial charge in [0.1, 0.15) is 11.4 Å². The van der Waals surface area contributed by atoms with Crippen LogP contribution in [0.4, 0.5) is 5.69 Å². The summed E-state index contributed by atoms with van der Waals surface area (Å²) in [4.78, 5) is 20.3. The summed E-state index contributed by atoms with van der Waals surface area (Å²) < 4.78 is 15.8. The predicted molar refractivity (Wildman–Crippen MR) is 83.8 cm³/mol. The van der Waals surface area contributed by atoms with Crippen LogP contribution in [0.15, 0.2) is 28.9 Å². The summed E-state index contributed by atoms with van der Waals surface area (Å²) >= 11 is 3.33. The first kappa shape index (κ1) is 16.0. The molecule has 7 nitrogen and oxygen atoms in total. The number of hydrogen-bond acceptors (Lipinski definition) is 6. The van der Waals surface area contributed by atoms with Crippen LogP contribution in [0.5, 0.6) is 17.6 Å². The molecule has 1 N–H and O–H groups in total. The Hall–Kier alpha value is -2.35. The molecule has 0 fully saturated rings. The number of benzene rings is 1. The maximum absolute atomic E-state index is 12.4. The summed E-state index contributed by atoms with van der Waals surface area (Å²) in [7, 11) is 4.42. The molecule has 116 valence electrons. The van der Waals surface area contributed by atoms with Gasteiger partial charge in [0.15, 0.2) is 0 Å². The van der Waals surface area contributed by atoms with Crippen LogP contribution in [-0.2, 0) is 0 Å². The number of carbonyl (C=O) groups is 1. The van der Waals surface area contributed by atoms with Gasteiger partial charge in [0.05, 0.1) is 33.1 Å². The normalized spacial score (nSPS) is 10.0. The zero-order chi connectivity index (χ0) is 16.1. The van der Waals surface area contributed by atoms with Gasteiger partial charge in [0, 0.05) is 4.47 Å². The van der Waals surface area contributed by atoms with Gasteiger partial charge >= 0.3 is 6.01 Å². The molecule has 8 heteroatoms. The number of amides is 1. The monoisotopic (exact) mass is 367 g/mol. The molecule has 0 unspecified atom stereocenters. The lowest BCUT2D eigenvalue weighted by molar-refractivity contribution is 0.102. The molecule has 0 saturated heterocycles. The maximum Gasteiger partial charge on any atom is 0.319 e. The van der Waals surface area contributed by atoms with Crippen molar-refractivity contribution in [2.45, 2.75) is 0 Å². The molecule has 1 amide bonds. The van der Waals surface area contributed by atoms with Gasteiger partial charge in [-0.05, 0) is 34.1 Å². The molecule has 1 aromatic carbocycles. The summed E-state index contributed by atoms with van der Waals surface area (Å²) in [5, 5.41) is 2.69. The lowest BCUT2D eigenvalue weighted by Crippen LogP contribution is -2.14. The van der Waals surface area contributed by atoms with Crippen molar-refractivity contribution >= 4 is 27.5 Å². The van der Waals surface area contributed by atoms with Crippen molar-refractivity contribution in [3.63, 3.8) is 0 Å². The Morgan fingerprint density at radius 3 is 2.59 bits per heavy atom. The zero-order valence-corrected chi connectivity index (χ0v) is 13.8. The van der Waals surface area contributed by atoms with Crippen molar-refractivity contribution in [1.82, 2.24) is 9.97 Å². The van der Waals surface area contributed by atoms with Gasteiger partial charge in [-0.25, -0.2) is 4.98 Å². The van der Waals surface area contributed by atoms with E-state index in [2.05, 4.69) is 31.2 Å². The quantitative estimate of drug-likeness (QED) is 0.873. The van der Waals surface area contributed by atoms with Gasteiger partial charge in [-0.3, -0.25) is 4.79 Å². The topological polar surface area (TPSA) is 82.6 Å². The molecule has 0 radical (unpaired) electrons. The fraction of sp³-hybridized carbons (Fsp3) is 0.214. The first-order chi connectivity index (χ1) is 10.6. The van der Waals surface area contributed by atoms with Crippen LogP contribution in [-0.4, -0.2) is 37.2 Å². The van der Waals surface area contributed by atoms with Crippen molar-refractivity contribution in [2.75, 3.05) is 26.6 Å². The molecule has 1 aromatic heterocycles. The van der Waals surface area contributed by atoms with E-state index in [4.69, 9.17) is 14.2 Å². The van der Waals surface area contributed by atoms with Gasteiger partial charge in [-0.15, -0.1) is 0 Å². The summed E-state index contributed by atoms with van der Waals surface area (Å²) in [5.74, 6) is 0.434. The number of nitrogens with one attached hydrogen (secondary N) is 1. The van der Waals surface area contributed by atoms with Crippen molar-refractivity contribution in [3.05, 3.63) is 34.4 Å². The number of methoxy groups -OCH3 is 3. The number of aromatic nitrogens is 2. The van der Waals surface area contributed by atoms with Crippen molar-refractivity contribution in [3.8, 4) is 17.6 Å². The second-order valence-corrected chi connectivity index (χ2v) is 4.93. The molecule has 22 heavy (non-hydrogen) atoms. The number of nitrogens with zero attached hydrogens (tertiary/aromatic N) is 2. The zero-order valence-electron chi connectivity index (χ0n) is 12.2. The van der Waals surface area contributed by atoms with Gasteiger partial charge in [0.25, 0.3) is 5.91 Å². The van der Waals surface area contributed by atoms with Crippen LogP contribution in [0.3, 0.4) is 0 Å². The minimum Gasteiger partial charge on any atom is -0.497 e. The molecule has 0 spiro atoms. The molecule has 2 aromatic rings. The second-order valence-electron chi connectivity index (χ2n) is 4.08. The minimum absolute atomic E-state index is 0.150. The SMILES string of the molecule is COc1ccc(Br)c(C(=O)Nc2cnc(OC)nc2OC)c1. The first-order valence-electron chi connectivity index (χ1n) is 6.19. The van der Waals surface area contributed by atoms with Crippen molar-refractivity contribution in [2.24, 2.45) is 0 Å². The Bertz CT molecular complexity index is 694. The summed E-state index contributed by atoms with van der Waals surface area (Å²) in [5.41, 5.74) is 0.750. The van der Waals surface area contributed by atoms with Gasteiger partial charge in [-0.1, -0.05) is 0 Å². The highest BCUT2D eigenvalue weighted by atomic mass is 79.9. The average Bonchev–Trinajstić information content (AvgIpc) is 2.55. The van der Waals surface area contributed by atoms with Crippen LogP contribution in [0.25, 0.3) is 0 Å². The molecule has 2 rings (SSSR count). The van der Waals surface area contributed by atoms with Crippen LogP contribution in [0.1, 0.15) is 10.4 Å². The number of hydrogen-bond donors (Lipinski definition) is 1. The Balaban J connectivity index is 2.29. The molecule has 0 saturated carbocycles. The summed E-state index contributed by atoms with van der Waals surface area (Å²) in [6.07, 6.45) is 1.41. The molecule has 0 aliphatic rings. The molecule has 1 heterocycles. The lowest BCUT2D eigenvalue weighted by Gasteiger charge is -2.11. The van der Waals surface area contributed by atoms with Crippen molar-refractivity contribution in [1.29, 1.82) is 0 Å². The van der Waals surface area contributed by atoms with E-state index in [1.807, 2.05) is 0 Å². The fourth-order valence-electron chi connectivity index (χ4n) is 1.69.